The first kappa shape index (κ1) is 20.1. The van der Waals surface area contributed by atoms with E-state index in [4.69, 9.17) is 5.73 Å². The zero-order chi connectivity index (χ0) is 15.5. The lowest BCUT2D eigenvalue weighted by Crippen LogP contribution is -2.44. The lowest BCUT2D eigenvalue weighted by molar-refractivity contribution is -0.118. The molecule has 1 heterocycles. The topological polar surface area (TPSA) is 49.6 Å². The Morgan fingerprint density at radius 3 is 2.25 bits per heavy atom. The lowest BCUT2D eigenvalue weighted by atomic mass is 10.1. The minimum atomic E-state index is 0. The van der Waals surface area contributed by atoms with Crippen LogP contribution in [0.25, 0.3) is 0 Å². The van der Waals surface area contributed by atoms with E-state index in [-0.39, 0.29) is 30.7 Å². The van der Waals surface area contributed by atoms with Crippen LogP contribution in [0.2, 0.25) is 0 Å². The van der Waals surface area contributed by atoms with Gasteiger partial charge in [0.1, 0.15) is 0 Å². The third kappa shape index (κ3) is 4.13. The van der Waals surface area contributed by atoms with Gasteiger partial charge in [-0.15, -0.1) is 24.8 Å². The predicted molar refractivity (Wildman–Crippen MR) is 106 cm³/mol. The summed E-state index contributed by atoms with van der Waals surface area (Å²) in [5.74, 6) is 0.132. The summed E-state index contributed by atoms with van der Waals surface area (Å²) in [6.45, 7) is 4.71. The number of nitrogens with zero attached hydrogens (tertiary/aromatic N) is 2. The molecule has 0 radical (unpaired) electrons. The summed E-state index contributed by atoms with van der Waals surface area (Å²) in [5.41, 5.74) is 9.56. The molecule has 0 fully saturated rings. The van der Waals surface area contributed by atoms with Crippen LogP contribution in [0.15, 0.2) is 48.5 Å². The quantitative estimate of drug-likeness (QED) is 0.844. The molecule has 2 aromatic rings. The van der Waals surface area contributed by atoms with E-state index in [1.165, 1.54) is 0 Å². The number of nitrogen functional groups attached to an aromatic ring is 1. The number of carbonyl (C=O) groups excluding carboxylic acids is 1. The lowest BCUT2D eigenvalue weighted by Gasteiger charge is -2.37. The number of fused-ring (bicyclic) bond motifs is 1. The van der Waals surface area contributed by atoms with Gasteiger partial charge in [0, 0.05) is 25.3 Å². The van der Waals surface area contributed by atoms with Crippen LogP contribution in [0.5, 0.6) is 0 Å². The van der Waals surface area contributed by atoms with E-state index in [1.807, 2.05) is 47.4 Å². The highest BCUT2D eigenvalue weighted by molar-refractivity contribution is 5.99. The fraction of sp³-hybridized carbons (Fsp3) is 0.278. The van der Waals surface area contributed by atoms with Crippen molar-refractivity contribution >= 4 is 47.8 Å². The van der Waals surface area contributed by atoms with Gasteiger partial charge >= 0.3 is 0 Å². The molecule has 0 unspecified atom stereocenters. The summed E-state index contributed by atoms with van der Waals surface area (Å²) < 4.78 is 0. The van der Waals surface area contributed by atoms with E-state index in [1.54, 1.807) is 0 Å². The molecule has 0 aromatic heterocycles. The van der Waals surface area contributed by atoms with Gasteiger partial charge in [0.25, 0.3) is 0 Å². The van der Waals surface area contributed by atoms with Gasteiger partial charge in [-0.3, -0.25) is 4.79 Å². The Morgan fingerprint density at radius 2 is 1.62 bits per heavy atom. The van der Waals surface area contributed by atoms with Gasteiger partial charge in [-0.05, 0) is 36.8 Å². The molecule has 4 nitrogen and oxygen atoms in total. The second-order valence-electron chi connectivity index (χ2n) is 5.53. The summed E-state index contributed by atoms with van der Waals surface area (Å²) in [6, 6.07) is 15.6. The number of hydrogen-bond acceptors (Lipinski definition) is 3. The van der Waals surface area contributed by atoms with Crippen LogP contribution in [-0.4, -0.2) is 25.5 Å². The van der Waals surface area contributed by atoms with Crippen LogP contribution < -0.4 is 15.5 Å². The van der Waals surface area contributed by atoms with Gasteiger partial charge in [0.15, 0.2) is 0 Å². The molecule has 130 valence electrons. The fourth-order valence-corrected chi connectivity index (χ4v) is 2.91. The molecule has 0 saturated carbocycles. The van der Waals surface area contributed by atoms with E-state index in [2.05, 4.69) is 17.9 Å². The summed E-state index contributed by atoms with van der Waals surface area (Å²) in [5, 5.41) is 0. The highest BCUT2D eigenvalue weighted by Crippen LogP contribution is 2.32. The van der Waals surface area contributed by atoms with Crippen molar-refractivity contribution < 1.29 is 4.79 Å². The Balaban J connectivity index is 0.00000144. The third-order valence-corrected chi connectivity index (χ3v) is 4.12. The Morgan fingerprint density at radius 1 is 1.00 bits per heavy atom. The monoisotopic (exact) mass is 367 g/mol. The van der Waals surface area contributed by atoms with Crippen molar-refractivity contribution in [3.63, 3.8) is 0 Å². The van der Waals surface area contributed by atoms with Gasteiger partial charge in [-0.25, -0.2) is 0 Å². The first-order valence-electron chi connectivity index (χ1n) is 7.68. The standard InChI is InChI=1S/C18H21N3O.2ClH/c1-2-20-11-12-21(17-6-4-3-5-16(17)20)18(22)13-14-7-9-15(19)10-8-14;;/h3-10H,2,11-13,19H2,1H3;2*1H. The average Bonchev–Trinajstić information content (AvgIpc) is 2.56. The number of likely N-dealkylation sites (N-methyl/N-ethyl adjacent to an activating group) is 1. The van der Waals surface area contributed by atoms with Crippen molar-refractivity contribution in [3.05, 3.63) is 54.1 Å². The van der Waals surface area contributed by atoms with Crippen LogP contribution in [0.1, 0.15) is 12.5 Å². The summed E-state index contributed by atoms with van der Waals surface area (Å²) >= 11 is 0. The molecule has 24 heavy (non-hydrogen) atoms. The van der Waals surface area contributed by atoms with Gasteiger partial charge < -0.3 is 15.5 Å². The van der Waals surface area contributed by atoms with Crippen LogP contribution >= 0.6 is 24.8 Å². The third-order valence-electron chi connectivity index (χ3n) is 4.12. The molecule has 2 aromatic carbocycles. The molecule has 1 amide bonds. The highest BCUT2D eigenvalue weighted by Gasteiger charge is 2.25. The van der Waals surface area contributed by atoms with Crippen molar-refractivity contribution in [2.24, 2.45) is 0 Å². The molecule has 1 aliphatic heterocycles. The summed E-state index contributed by atoms with van der Waals surface area (Å²) in [6.07, 6.45) is 0.404. The second-order valence-corrected chi connectivity index (χ2v) is 5.53. The van der Waals surface area contributed by atoms with E-state index >= 15 is 0 Å². The minimum absolute atomic E-state index is 0. The Labute approximate surface area is 155 Å². The Kier molecular flexibility index (Phi) is 7.39. The molecule has 0 aliphatic carbocycles. The maximum Gasteiger partial charge on any atom is 0.231 e. The first-order chi connectivity index (χ1) is 10.7. The van der Waals surface area contributed by atoms with Crippen molar-refractivity contribution in [2.75, 3.05) is 35.2 Å². The molecule has 1 aliphatic rings. The number of nitrogens with two attached hydrogens (primary N) is 1. The van der Waals surface area contributed by atoms with Gasteiger partial charge in [0.05, 0.1) is 17.8 Å². The molecular formula is C18H23Cl2N3O. The predicted octanol–water partition coefficient (Wildman–Crippen LogP) is 3.53. The zero-order valence-corrected chi connectivity index (χ0v) is 15.3. The molecular weight excluding hydrogens is 345 g/mol. The zero-order valence-electron chi connectivity index (χ0n) is 13.6. The molecule has 2 N–H and O–H groups in total. The number of amides is 1. The van der Waals surface area contributed by atoms with Crippen LogP contribution in [0.4, 0.5) is 17.1 Å². The SMILES string of the molecule is CCN1CCN(C(=O)Cc2ccc(N)cc2)c2ccccc21.Cl.Cl. The molecule has 6 heteroatoms. The van der Waals surface area contributed by atoms with Crippen LogP contribution in [0.3, 0.4) is 0 Å². The molecule has 0 saturated heterocycles. The fourth-order valence-electron chi connectivity index (χ4n) is 2.91. The Hall–Kier alpha value is -1.91. The number of rotatable bonds is 3. The number of benzene rings is 2. The summed E-state index contributed by atoms with van der Waals surface area (Å²) in [4.78, 5) is 16.9. The largest absolute Gasteiger partial charge is 0.399 e. The smallest absolute Gasteiger partial charge is 0.231 e. The normalized spacial score (nSPS) is 12.7. The number of anilines is 3. The highest BCUT2D eigenvalue weighted by atomic mass is 35.5. The number of carbonyl (C=O) groups is 1. The van der Waals surface area contributed by atoms with Gasteiger partial charge in [-0.1, -0.05) is 24.3 Å². The number of hydrogen-bond donors (Lipinski definition) is 1. The van der Waals surface area contributed by atoms with Crippen molar-refractivity contribution in [2.45, 2.75) is 13.3 Å². The van der Waals surface area contributed by atoms with E-state index in [0.717, 1.165) is 42.3 Å². The maximum absolute atomic E-state index is 12.7. The maximum atomic E-state index is 12.7. The molecule has 0 atom stereocenters. The van der Waals surface area contributed by atoms with E-state index in [9.17, 15) is 4.79 Å². The van der Waals surface area contributed by atoms with Crippen molar-refractivity contribution in [3.8, 4) is 0 Å². The van der Waals surface area contributed by atoms with Gasteiger partial charge in [0.2, 0.25) is 5.91 Å². The molecule has 3 rings (SSSR count). The number of halogens is 2. The molecule has 0 spiro atoms. The van der Waals surface area contributed by atoms with Gasteiger partial charge in [-0.2, -0.15) is 0 Å². The second kappa shape index (κ2) is 8.81. The minimum Gasteiger partial charge on any atom is -0.399 e. The van der Waals surface area contributed by atoms with Crippen molar-refractivity contribution in [1.82, 2.24) is 0 Å². The summed E-state index contributed by atoms with van der Waals surface area (Å²) in [7, 11) is 0. The van der Waals surface area contributed by atoms with Crippen molar-refractivity contribution in [1.29, 1.82) is 0 Å². The molecule has 0 bridgehead atoms. The number of para-hydroxylation sites is 2. The first-order valence-corrected chi connectivity index (χ1v) is 7.68. The van der Waals surface area contributed by atoms with E-state index < -0.39 is 0 Å². The van der Waals surface area contributed by atoms with E-state index in [0.29, 0.717) is 6.42 Å². The van der Waals surface area contributed by atoms with Crippen LogP contribution in [-0.2, 0) is 11.2 Å². The average molecular weight is 368 g/mol. The Bertz CT molecular complexity index is 676. The van der Waals surface area contributed by atoms with Crippen LogP contribution in [0, 0.1) is 0 Å².